The van der Waals surface area contributed by atoms with Crippen molar-refractivity contribution in [3.63, 3.8) is 0 Å². The molecule has 0 atom stereocenters. The lowest BCUT2D eigenvalue weighted by molar-refractivity contribution is -0.123. The van der Waals surface area contributed by atoms with Crippen LogP contribution in [0.1, 0.15) is 17.5 Å². The molecule has 0 aromatic heterocycles. The molecular weight excluding hydrogens is 384 g/mol. The molecule has 5 nitrogen and oxygen atoms in total. The van der Waals surface area contributed by atoms with Gasteiger partial charge in [0.1, 0.15) is 5.75 Å². The molecule has 0 saturated carbocycles. The maximum Gasteiger partial charge on any atom is 0.257 e. The second-order valence-electron chi connectivity index (χ2n) is 5.71. The van der Waals surface area contributed by atoms with Gasteiger partial charge in [-0.25, -0.2) is 0 Å². The van der Waals surface area contributed by atoms with Crippen molar-refractivity contribution in [2.24, 2.45) is 0 Å². The van der Waals surface area contributed by atoms with Gasteiger partial charge in [-0.05, 0) is 43.7 Å². The minimum Gasteiger partial charge on any atom is -0.484 e. The predicted molar refractivity (Wildman–Crippen MR) is 102 cm³/mol. The summed E-state index contributed by atoms with van der Waals surface area (Å²) in [5.74, 6) is 0.233. The van der Waals surface area contributed by atoms with Crippen molar-refractivity contribution in [2.45, 2.75) is 20.3 Å². The van der Waals surface area contributed by atoms with Crippen molar-refractivity contribution < 1.29 is 14.3 Å². The van der Waals surface area contributed by atoms with Crippen molar-refractivity contribution in [1.82, 2.24) is 5.32 Å². The number of halogens is 1. The van der Waals surface area contributed by atoms with Gasteiger partial charge < -0.3 is 15.4 Å². The Kier molecular flexibility index (Phi) is 7.01. The molecule has 2 N–H and O–H groups in total. The minimum atomic E-state index is -0.257. The number of hydrogen-bond acceptors (Lipinski definition) is 3. The minimum absolute atomic E-state index is 0.0740. The summed E-state index contributed by atoms with van der Waals surface area (Å²) in [4.78, 5) is 23.7. The molecule has 2 aromatic rings. The number of benzene rings is 2. The van der Waals surface area contributed by atoms with Crippen LogP contribution < -0.4 is 15.4 Å². The second kappa shape index (κ2) is 9.22. The van der Waals surface area contributed by atoms with Crippen LogP contribution in [0.4, 0.5) is 5.69 Å². The molecule has 0 fully saturated rings. The van der Waals surface area contributed by atoms with E-state index in [1.54, 1.807) is 0 Å². The lowest BCUT2D eigenvalue weighted by atomic mass is 10.2. The number of aryl methyl sites for hydroxylation is 2. The third-order valence-corrected chi connectivity index (χ3v) is 4.03. The van der Waals surface area contributed by atoms with E-state index in [4.69, 9.17) is 4.74 Å². The Labute approximate surface area is 155 Å². The molecule has 0 saturated heterocycles. The number of nitrogens with one attached hydrogen (secondary N) is 2. The van der Waals surface area contributed by atoms with Gasteiger partial charge in [0.2, 0.25) is 5.91 Å². The zero-order valence-electron chi connectivity index (χ0n) is 14.3. The van der Waals surface area contributed by atoms with Crippen LogP contribution in [0.3, 0.4) is 0 Å². The van der Waals surface area contributed by atoms with Gasteiger partial charge in [0.05, 0.1) is 0 Å². The van der Waals surface area contributed by atoms with Crippen LogP contribution in [0.2, 0.25) is 0 Å². The van der Waals surface area contributed by atoms with Gasteiger partial charge in [-0.1, -0.05) is 39.7 Å². The fraction of sp³-hybridized carbons (Fsp3) is 0.263. The zero-order chi connectivity index (χ0) is 18.2. The standard InChI is InChI=1S/C19H21BrN2O3/c1-13-3-7-16(8-4-13)25-12-19(24)21-10-9-18(23)22-17-11-15(20)6-5-14(17)2/h3-8,11H,9-10,12H2,1-2H3,(H,21,24)(H,22,23). The molecule has 2 rings (SSSR count). The summed E-state index contributed by atoms with van der Waals surface area (Å²) < 4.78 is 6.29. The van der Waals surface area contributed by atoms with Crippen LogP contribution in [0, 0.1) is 13.8 Å². The molecule has 0 aliphatic heterocycles. The van der Waals surface area contributed by atoms with Crippen molar-refractivity contribution in [2.75, 3.05) is 18.5 Å². The molecule has 2 aromatic carbocycles. The van der Waals surface area contributed by atoms with E-state index >= 15 is 0 Å². The first-order chi connectivity index (χ1) is 11.9. The summed E-state index contributed by atoms with van der Waals surface area (Å²) in [6.45, 7) is 4.09. The van der Waals surface area contributed by atoms with E-state index in [0.29, 0.717) is 5.75 Å². The monoisotopic (exact) mass is 404 g/mol. The van der Waals surface area contributed by atoms with Gasteiger partial charge in [-0.15, -0.1) is 0 Å². The molecule has 0 bridgehead atoms. The highest BCUT2D eigenvalue weighted by Crippen LogP contribution is 2.20. The van der Waals surface area contributed by atoms with Crippen LogP contribution in [0.5, 0.6) is 5.75 Å². The summed E-state index contributed by atoms with van der Waals surface area (Å²) in [5, 5.41) is 5.51. The Morgan fingerprint density at radius 2 is 1.76 bits per heavy atom. The van der Waals surface area contributed by atoms with Crippen LogP contribution >= 0.6 is 15.9 Å². The summed E-state index contributed by atoms with van der Waals surface area (Å²) in [7, 11) is 0. The van der Waals surface area contributed by atoms with Gasteiger partial charge in [0.15, 0.2) is 6.61 Å². The molecule has 2 amide bonds. The summed E-state index contributed by atoms with van der Waals surface area (Å²) in [6, 6.07) is 13.2. The Bertz CT molecular complexity index is 745. The van der Waals surface area contributed by atoms with Gasteiger partial charge >= 0.3 is 0 Å². The van der Waals surface area contributed by atoms with E-state index in [2.05, 4.69) is 26.6 Å². The van der Waals surface area contributed by atoms with Crippen molar-refractivity contribution in [3.05, 3.63) is 58.1 Å². The molecular formula is C19H21BrN2O3. The van der Waals surface area contributed by atoms with E-state index < -0.39 is 0 Å². The first kappa shape index (κ1) is 19.0. The molecule has 0 unspecified atom stereocenters. The van der Waals surface area contributed by atoms with E-state index in [0.717, 1.165) is 21.3 Å². The normalized spacial score (nSPS) is 10.2. The SMILES string of the molecule is Cc1ccc(OCC(=O)NCCC(=O)Nc2cc(Br)ccc2C)cc1. The third-order valence-electron chi connectivity index (χ3n) is 3.54. The molecule has 25 heavy (non-hydrogen) atoms. The number of carbonyl (C=O) groups excluding carboxylic acids is 2. The number of amides is 2. The van der Waals surface area contributed by atoms with Gasteiger partial charge in [0, 0.05) is 23.1 Å². The molecule has 132 valence electrons. The number of ether oxygens (including phenoxy) is 1. The van der Waals surface area contributed by atoms with Crippen molar-refractivity contribution >= 4 is 33.4 Å². The van der Waals surface area contributed by atoms with E-state index in [9.17, 15) is 9.59 Å². The number of hydrogen-bond donors (Lipinski definition) is 2. The van der Waals surface area contributed by atoms with E-state index in [1.807, 2.05) is 56.3 Å². The highest BCUT2D eigenvalue weighted by Gasteiger charge is 2.07. The topological polar surface area (TPSA) is 67.4 Å². The lowest BCUT2D eigenvalue weighted by Crippen LogP contribution is -2.31. The largest absolute Gasteiger partial charge is 0.484 e. The van der Waals surface area contributed by atoms with Gasteiger partial charge in [0.25, 0.3) is 5.91 Å². The molecule has 0 aliphatic carbocycles. The Hall–Kier alpha value is -2.34. The molecule has 0 spiro atoms. The Morgan fingerprint density at radius 1 is 1.04 bits per heavy atom. The fourth-order valence-corrected chi connectivity index (χ4v) is 2.45. The van der Waals surface area contributed by atoms with Crippen molar-refractivity contribution in [1.29, 1.82) is 0 Å². The van der Waals surface area contributed by atoms with Crippen molar-refractivity contribution in [3.8, 4) is 5.75 Å². The predicted octanol–water partition coefficient (Wildman–Crippen LogP) is 3.59. The average Bonchev–Trinajstić information content (AvgIpc) is 2.57. The van der Waals surface area contributed by atoms with Crippen LogP contribution in [-0.4, -0.2) is 25.0 Å². The smallest absolute Gasteiger partial charge is 0.257 e. The lowest BCUT2D eigenvalue weighted by Gasteiger charge is -2.10. The first-order valence-corrected chi connectivity index (χ1v) is 8.75. The Morgan fingerprint density at radius 3 is 2.48 bits per heavy atom. The zero-order valence-corrected chi connectivity index (χ0v) is 15.9. The fourth-order valence-electron chi connectivity index (χ4n) is 2.09. The number of carbonyl (C=O) groups is 2. The summed E-state index contributed by atoms with van der Waals surface area (Å²) in [5.41, 5.74) is 2.86. The maximum atomic E-state index is 12.0. The number of anilines is 1. The summed E-state index contributed by atoms with van der Waals surface area (Å²) in [6.07, 6.45) is 0.197. The highest BCUT2D eigenvalue weighted by molar-refractivity contribution is 9.10. The van der Waals surface area contributed by atoms with Crippen LogP contribution in [0.25, 0.3) is 0 Å². The van der Waals surface area contributed by atoms with E-state index in [-0.39, 0.29) is 31.4 Å². The molecule has 0 heterocycles. The van der Waals surface area contributed by atoms with Crippen LogP contribution in [-0.2, 0) is 9.59 Å². The second-order valence-corrected chi connectivity index (χ2v) is 6.62. The first-order valence-electron chi connectivity index (χ1n) is 7.96. The van der Waals surface area contributed by atoms with Gasteiger partial charge in [-0.2, -0.15) is 0 Å². The summed E-state index contributed by atoms with van der Waals surface area (Å²) >= 11 is 3.38. The molecule has 0 aliphatic rings. The average molecular weight is 405 g/mol. The molecule has 0 radical (unpaired) electrons. The van der Waals surface area contributed by atoms with E-state index in [1.165, 1.54) is 0 Å². The maximum absolute atomic E-state index is 12.0. The highest BCUT2D eigenvalue weighted by atomic mass is 79.9. The van der Waals surface area contributed by atoms with Crippen LogP contribution in [0.15, 0.2) is 46.9 Å². The molecule has 6 heteroatoms. The quantitative estimate of drug-likeness (QED) is 0.740. The van der Waals surface area contributed by atoms with Gasteiger partial charge in [-0.3, -0.25) is 9.59 Å². The third kappa shape index (κ3) is 6.58. The number of rotatable bonds is 7. The Balaban J connectivity index is 1.69.